The quantitative estimate of drug-likeness (QED) is 0.693. The second kappa shape index (κ2) is 3.58. The van der Waals surface area contributed by atoms with Crippen LogP contribution in [-0.2, 0) is 0 Å². The van der Waals surface area contributed by atoms with Gasteiger partial charge in [-0.05, 0) is 41.4 Å². The van der Waals surface area contributed by atoms with Gasteiger partial charge >= 0.3 is 0 Å². The predicted octanol–water partition coefficient (Wildman–Crippen LogP) is 3.61. The van der Waals surface area contributed by atoms with Crippen molar-refractivity contribution in [3.8, 4) is 0 Å². The van der Waals surface area contributed by atoms with E-state index < -0.39 is 0 Å². The first kappa shape index (κ1) is 9.75. The molecule has 0 bridgehead atoms. The van der Waals surface area contributed by atoms with Crippen molar-refractivity contribution in [3.05, 3.63) is 32.8 Å². The summed E-state index contributed by atoms with van der Waals surface area (Å²) in [5, 5.41) is 0.614. The number of Topliss-reactive ketones (excluding diaryl/α,β-unsaturated/α-hetero) is 1. The van der Waals surface area contributed by atoms with E-state index in [0.29, 0.717) is 15.1 Å². The maximum Gasteiger partial charge on any atom is 0.160 e. The first-order valence-corrected chi connectivity index (χ1v) is 4.66. The number of carbonyl (C=O) groups excluding carboxylic acids is 1. The molecule has 0 aliphatic carbocycles. The molecule has 64 valence electrons. The molecule has 1 aromatic rings. The zero-order chi connectivity index (χ0) is 9.30. The number of aryl methyl sites for hydroxylation is 1. The molecule has 0 radical (unpaired) electrons. The fourth-order valence-electron chi connectivity index (χ4n) is 0.918. The Hall–Kier alpha value is -0.340. The lowest BCUT2D eigenvalue weighted by Crippen LogP contribution is -1.94. The summed E-state index contributed by atoms with van der Waals surface area (Å²) in [4.78, 5) is 11.0. The molecule has 12 heavy (non-hydrogen) atoms. The Bertz CT molecular complexity index is 334. The zero-order valence-corrected chi connectivity index (χ0v) is 9.16. The van der Waals surface area contributed by atoms with Crippen molar-refractivity contribution in [1.82, 2.24) is 0 Å². The van der Waals surface area contributed by atoms with E-state index in [9.17, 15) is 4.79 Å². The lowest BCUT2D eigenvalue weighted by molar-refractivity contribution is 0.101. The first-order chi connectivity index (χ1) is 5.54. The van der Waals surface area contributed by atoms with E-state index in [2.05, 4.69) is 15.9 Å². The van der Waals surface area contributed by atoms with E-state index in [1.807, 2.05) is 13.0 Å². The van der Waals surface area contributed by atoms with Gasteiger partial charge in [0.25, 0.3) is 0 Å². The molecule has 0 N–H and O–H groups in total. The van der Waals surface area contributed by atoms with Gasteiger partial charge in [0.2, 0.25) is 0 Å². The minimum absolute atomic E-state index is 0.0174. The highest BCUT2D eigenvalue weighted by Crippen LogP contribution is 2.29. The van der Waals surface area contributed by atoms with Gasteiger partial charge in [0.15, 0.2) is 5.78 Å². The molecule has 1 nitrogen and oxygen atoms in total. The lowest BCUT2D eigenvalue weighted by atomic mass is 10.1. The maximum atomic E-state index is 11.0. The standard InChI is InChI=1S/C9H8BrClO/c1-5-3-4-7(6(2)12)8(10)9(5)11/h3-4H,1-2H3. The third-order valence-corrected chi connectivity index (χ3v) is 3.19. The maximum absolute atomic E-state index is 11.0. The van der Waals surface area contributed by atoms with Gasteiger partial charge in [-0.3, -0.25) is 4.79 Å². The van der Waals surface area contributed by atoms with Crippen LogP contribution in [0.15, 0.2) is 16.6 Å². The summed E-state index contributed by atoms with van der Waals surface area (Å²) in [6.07, 6.45) is 0. The molecule has 0 spiro atoms. The highest BCUT2D eigenvalue weighted by molar-refractivity contribution is 9.10. The Labute approximate surface area is 84.9 Å². The van der Waals surface area contributed by atoms with Gasteiger partial charge in [-0.2, -0.15) is 0 Å². The monoisotopic (exact) mass is 246 g/mol. The summed E-state index contributed by atoms with van der Waals surface area (Å²) in [7, 11) is 0. The van der Waals surface area contributed by atoms with Crippen molar-refractivity contribution in [3.63, 3.8) is 0 Å². The molecule has 0 aliphatic heterocycles. The summed E-state index contributed by atoms with van der Waals surface area (Å²) >= 11 is 9.21. The molecule has 0 atom stereocenters. The highest BCUT2D eigenvalue weighted by atomic mass is 79.9. The first-order valence-electron chi connectivity index (χ1n) is 3.49. The molecule has 0 unspecified atom stereocenters. The molecule has 0 fully saturated rings. The second-order valence-electron chi connectivity index (χ2n) is 2.61. The third kappa shape index (κ3) is 1.70. The molecule has 0 aromatic heterocycles. The Morgan fingerprint density at radius 3 is 2.58 bits per heavy atom. The van der Waals surface area contributed by atoms with Crippen LogP contribution in [0.1, 0.15) is 22.8 Å². The summed E-state index contributed by atoms with van der Waals surface area (Å²) in [5.41, 5.74) is 1.60. The molecule has 1 rings (SSSR count). The predicted molar refractivity (Wildman–Crippen MR) is 53.9 cm³/mol. The number of carbonyl (C=O) groups is 1. The summed E-state index contributed by atoms with van der Waals surface area (Å²) in [6, 6.07) is 3.61. The van der Waals surface area contributed by atoms with Crippen molar-refractivity contribution in [1.29, 1.82) is 0 Å². The summed E-state index contributed by atoms with van der Waals surface area (Å²) in [5.74, 6) is 0.0174. The minimum Gasteiger partial charge on any atom is -0.294 e. The largest absolute Gasteiger partial charge is 0.294 e. The highest BCUT2D eigenvalue weighted by Gasteiger charge is 2.09. The Balaban J connectivity index is 3.36. The average molecular weight is 248 g/mol. The summed E-state index contributed by atoms with van der Waals surface area (Å²) < 4.78 is 0.691. The van der Waals surface area contributed by atoms with Crippen molar-refractivity contribution in [2.45, 2.75) is 13.8 Å². The number of ketones is 1. The van der Waals surface area contributed by atoms with Crippen LogP contribution >= 0.6 is 27.5 Å². The molecule has 0 saturated carbocycles. The fraction of sp³-hybridized carbons (Fsp3) is 0.222. The lowest BCUT2D eigenvalue weighted by Gasteiger charge is -2.04. The van der Waals surface area contributed by atoms with E-state index in [0.717, 1.165) is 5.56 Å². The van der Waals surface area contributed by atoms with E-state index in [-0.39, 0.29) is 5.78 Å². The van der Waals surface area contributed by atoms with Crippen LogP contribution in [0.5, 0.6) is 0 Å². The Kier molecular flexibility index (Phi) is 2.91. The van der Waals surface area contributed by atoms with E-state index >= 15 is 0 Å². The van der Waals surface area contributed by atoms with Gasteiger partial charge in [0, 0.05) is 10.0 Å². The molecular weight excluding hydrogens is 239 g/mol. The Morgan fingerprint density at radius 1 is 1.50 bits per heavy atom. The van der Waals surface area contributed by atoms with Crippen molar-refractivity contribution >= 4 is 33.3 Å². The normalized spacial score (nSPS) is 10.0. The van der Waals surface area contributed by atoms with E-state index in [1.54, 1.807) is 6.07 Å². The van der Waals surface area contributed by atoms with Crippen LogP contribution in [0.25, 0.3) is 0 Å². The summed E-state index contributed by atoms with van der Waals surface area (Å²) in [6.45, 7) is 3.42. The van der Waals surface area contributed by atoms with Crippen LogP contribution in [0, 0.1) is 6.92 Å². The molecule has 3 heteroatoms. The van der Waals surface area contributed by atoms with Crippen molar-refractivity contribution in [2.75, 3.05) is 0 Å². The number of benzene rings is 1. The van der Waals surface area contributed by atoms with Crippen LogP contribution in [0.3, 0.4) is 0 Å². The Morgan fingerprint density at radius 2 is 2.08 bits per heavy atom. The molecular formula is C9H8BrClO. The third-order valence-electron chi connectivity index (χ3n) is 1.65. The van der Waals surface area contributed by atoms with E-state index in [4.69, 9.17) is 11.6 Å². The van der Waals surface area contributed by atoms with Gasteiger partial charge < -0.3 is 0 Å². The van der Waals surface area contributed by atoms with Crippen molar-refractivity contribution in [2.24, 2.45) is 0 Å². The number of halogens is 2. The van der Waals surface area contributed by atoms with Gasteiger partial charge in [-0.1, -0.05) is 17.7 Å². The van der Waals surface area contributed by atoms with Crippen LogP contribution in [0.2, 0.25) is 5.02 Å². The van der Waals surface area contributed by atoms with Crippen LogP contribution < -0.4 is 0 Å². The molecule has 0 heterocycles. The van der Waals surface area contributed by atoms with Gasteiger partial charge in [0.05, 0.1) is 5.02 Å². The number of hydrogen-bond acceptors (Lipinski definition) is 1. The topological polar surface area (TPSA) is 17.1 Å². The van der Waals surface area contributed by atoms with Crippen LogP contribution in [0.4, 0.5) is 0 Å². The van der Waals surface area contributed by atoms with Gasteiger partial charge in [-0.15, -0.1) is 0 Å². The number of rotatable bonds is 1. The zero-order valence-electron chi connectivity index (χ0n) is 6.82. The average Bonchev–Trinajstić information content (AvgIpc) is 2.00. The fourth-order valence-corrected chi connectivity index (χ4v) is 1.81. The van der Waals surface area contributed by atoms with E-state index in [1.165, 1.54) is 6.92 Å². The molecule has 1 aromatic carbocycles. The van der Waals surface area contributed by atoms with Gasteiger partial charge in [0.1, 0.15) is 0 Å². The molecule has 0 aliphatic rings. The van der Waals surface area contributed by atoms with Gasteiger partial charge in [-0.25, -0.2) is 0 Å². The second-order valence-corrected chi connectivity index (χ2v) is 3.79. The number of hydrogen-bond donors (Lipinski definition) is 0. The minimum atomic E-state index is 0.0174. The molecule has 0 amide bonds. The smallest absolute Gasteiger partial charge is 0.160 e. The van der Waals surface area contributed by atoms with Crippen molar-refractivity contribution < 1.29 is 4.79 Å². The van der Waals surface area contributed by atoms with Crippen LogP contribution in [-0.4, -0.2) is 5.78 Å². The molecule has 0 saturated heterocycles. The SMILES string of the molecule is CC(=O)c1ccc(C)c(Cl)c1Br.